The molecule has 0 N–H and O–H groups in total. The molecule has 0 unspecified atom stereocenters. The van der Waals surface area contributed by atoms with Crippen LogP contribution < -0.4 is 0 Å². The third-order valence-corrected chi connectivity index (χ3v) is 8.52. The van der Waals surface area contributed by atoms with Gasteiger partial charge in [0.05, 0.1) is 11.4 Å². The first-order valence-electron chi connectivity index (χ1n) is 15.4. The SMILES string of the molecule is C1=Cc2c(-c3ccccc3)ccc(-c3cc(-c4ccccc4)nc(-c4ccc5ccccc5c4-c4ccccc4)n3)c2C=CC1. The third kappa shape index (κ3) is 5.07. The molecule has 45 heavy (non-hydrogen) atoms. The Morgan fingerprint density at radius 3 is 1.71 bits per heavy atom. The molecule has 1 aliphatic rings. The number of hydrogen-bond acceptors (Lipinski definition) is 2. The Bertz CT molecular complexity index is 2210. The van der Waals surface area contributed by atoms with Gasteiger partial charge >= 0.3 is 0 Å². The van der Waals surface area contributed by atoms with E-state index < -0.39 is 0 Å². The minimum Gasteiger partial charge on any atom is -0.228 e. The van der Waals surface area contributed by atoms with Crippen LogP contribution in [0.2, 0.25) is 0 Å². The Balaban J connectivity index is 1.41. The topological polar surface area (TPSA) is 25.8 Å². The summed E-state index contributed by atoms with van der Waals surface area (Å²) in [5, 5.41) is 2.38. The monoisotopic (exact) mass is 574 g/mol. The highest BCUT2D eigenvalue weighted by molar-refractivity contribution is 6.03. The first-order valence-corrected chi connectivity index (χ1v) is 15.4. The summed E-state index contributed by atoms with van der Waals surface area (Å²) in [6.07, 6.45) is 9.88. The molecule has 2 nitrogen and oxygen atoms in total. The summed E-state index contributed by atoms with van der Waals surface area (Å²) in [5.41, 5.74) is 12.1. The van der Waals surface area contributed by atoms with E-state index in [2.05, 4.69) is 164 Å². The van der Waals surface area contributed by atoms with Crippen molar-refractivity contribution in [3.05, 3.63) is 169 Å². The lowest BCUT2D eigenvalue weighted by molar-refractivity contribution is 1.18. The number of allylic oxidation sites excluding steroid dienone is 2. The summed E-state index contributed by atoms with van der Waals surface area (Å²) in [4.78, 5) is 10.6. The van der Waals surface area contributed by atoms with Crippen molar-refractivity contribution < 1.29 is 0 Å². The molecular weight excluding hydrogens is 544 g/mol. The largest absolute Gasteiger partial charge is 0.228 e. The third-order valence-electron chi connectivity index (χ3n) is 8.52. The van der Waals surface area contributed by atoms with E-state index in [4.69, 9.17) is 9.97 Å². The average molecular weight is 575 g/mol. The number of nitrogens with zero attached hydrogens (tertiary/aromatic N) is 2. The Morgan fingerprint density at radius 2 is 0.978 bits per heavy atom. The van der Waals surface area contributed by atoms with Gasteiger partial charge < -0.3 is 0 Å². The molecule has 0 amide bonds. The molecule has 8 rings (SSSR count). The lowest BCUT2D eigenvalue weighted by atomic mass is 9.90. The zero-order chi connectivity index (χ0) is 30.0. The van der Waals surface area contributed by atoms with Crippen LogP contribution in [-0.2, 0) is 0 Å². The van der Waals surface area contributed by atoms with Gasteiger partial charge in [0.15, 0.2) is 5.82 Å². The van der Waals surface area contributed by atoms with Crippen LogP contribution in [0.5, 0.6) is 0 Å². The molecule has 1 heterocycles. The number of hydrogen-bond donors (Lipinski definition) is 0. The van der Waals surface area contributed by atoms with Crippen molar-refractivity contribution in [3.63, 3.8) is 0 Å². The Labute approximate surface area is 263 Å². The van der Waals surface area contributed by atoms with E-state index >= 15 is 0 Å². The van der Waals surface area contributed by atoms with Crippen molar-refractivity contribution in [3.8, 4) is 56.2 Å². The maximum atomic E-state index is 5.36. The molecule has 1 aliphatic carbocycles. The van der Waals surface area contributed by atoms with E-state index in [1.165, 1.54) is 33.0 Å². The molecule has 0 radical (unpaired) electrons. The van der Waals surface area contributed by atoms with Crippen molar-refractivity contribution in [2.45, 2.75) is 6.42 Å². The summed E-state index contributed by atoms with van der Waals surface area (Å²) >= 11 is 0. The predicted octanol–water partition coefficient (Wildman–Crippen LogP) is 11.4. The first kappa shape index (κ1) is 26.7. The summed E-state index contributed by atoms with van der Waals surface area (Å²) in [6, 6.07) is 51.2. The fourth-order valence-electron chi connectivity index (χ4n) is 6.37. The highest BCUT2D eigenvalue weighted by Crippen LogP contribution is 2.40. The summed E-state index contributed by atoms with van der Waals surface area (Å²) in [5.74, 6) is 0.713. The van der Waals surface area contributed by atoms with Crippen molar-refractivity contribution in [1.82, 2.24) is 9.97 Å². The van der Waals surface area contributed by atoms with Crippen LogP contribution in [0, 0.1) is 0 Å². The molecule has 1 aromatic heterocycles. The van der Waals surface area contributed by atoms with Crippen molar-refractivity contribution >= 4 is 22.9 Å². The molecule has 6 aromatic carbocycles. The summed E-state index contributed by atoms with van der Waals surface area (Å²) < 4.78 is 0. The number of aromatic nitrogens is 2. The maximum absolute atomic E-state index is 5.36. The molecule has 0 saturated heterocycles. The summed E-state index contributed by atoms with van der Waals surface area (Å²) in [7, 11) is 0. The van der Waals surface area contributed by atoms with Gasteiger partial charge in [-0.15, -0.1) is 0 Å². The van der Waals surface area contributed by atoms with Crippen LogP contribution >= 0.6 is 0 Å². The number of benzene rings is 6. The fourth-order valence-corrected chi connectivity index (χ4v) is 6.37. The van der Waals surface area contributed by atoms with Gasteiger partial charge in [0.25, 0.3) is 0 Å². The van der Waals surface area contributed by atoms with Gasteiger partial charge in [0.1, 0.15) is 0 Å². The summed E-state index contributed by atoms with van der Waals surface area (Å²) in [6.45, 7) is 0. The van der Waals surface area contributed by atoms with Crippen molar-refractivity contribution in [1.29, 1.82) is 0 Å². The van der Waals surface area contributed by atoms with Gasteiger partial charge in [-0.1, -0.05) is 158 Å². The highest BCUT2D eigenvalue weighted by atomic mass is 14.9. The molecule has 0 saturated carbocycles. The molecule has 0 fully saturated rings. The average Bonchev–Trinajstić information content (AvgIpc) is 3.38. The Hall–Kier alpha value is -5.86. The smallest absolute Gasteiger partial charge is 0.161 e. The van der Waals surface area contributed by atoms with E-state index in [-0.39, 0.29) is 0 Å². The van der Waals surface area contributed by atoms with E-state index in [0.717, 1.165) is 45.6 Å². The van der Waals surface area contributed by atoms with Crippen molar-refractivity contribution in [2.24, 2.45) is 0 Å². The second-order valence-electron chi connectivity index (χ2n) is 11.3. The van der Waals surface area contributed by atoms with Gasteiger partial charge in [0.2, 0.25) is 0 Å². The predicted molar refractivity (Wildman–Crippen MR) is 189 cm³/mol. The van der Waals surface area contributed by atoms with Crippen LogP contribution in [0.15, 0.2) is 158 Å². The van der Waals surface area contributed by atoms with Crippen LogP contribution in [0.4, 0.5) is 0 Å². The molecule has 0 bridgehead atoms. The molecule has 0 aliphatic heterocycles. The molecule has 7 aromatic rings. The minimum atomic E-state index is 0.713. The van der Waals surface area contributed by atoms with Gasteiger partial charge in [-0.2, -0.15) is 0 Å². The quantitative estimate of drug-likeness (QED) is 0.204. The van der Waals surface area contributed by atoms with Crippen LogP contribution in [0.3, 0.4) is 0 Å². The first-order chi connectivity index (χ1) is 22.3. The normalized spacial score (nSPS) is 12.2. The molecule has 212 valence electrons. The van der Waals surface area contributed by atoms with Gasteiger partial charge in [0, 0.05) is 22.3 Å². The van der Waals surface area contributed by atoms with Crippen molar-refractivity contribution in [2.75, 3.05) is 0 Å². The number of fused-ring (bicyclic) bond motifs is 2. The minimum absolute atomic E-state index is 0.713. The standard InChI is InChI=1S/C43H30N2/c1-5-15-30(16-6-1)34-27-28-38(37-24-12-4-11-23-36(34)37)41-29-40(32-18-7-2-8-19-32)44-43(45-41)39-26-25-31-17-13-14-22-35(31)42(39)33-20-9-3-10-21-33/h1-3,5-29H,4H2. The second kappa shape index (κ2) is 11.7. The molecule has 2 heteroatoms. The van der Waals surface area contributed by atoms with E-state index in [0.29, 0.717) is 5.82 Å². The highest BCUT2D eigenvalue weighted by Gasteiger charge is 2.19. The van der Waals surface area contributed by atoms with Gasteiger partial charge in [-0.05, 0) is 57.1 Å². The maximum Gasteiger partial charge on any atom is 0.161 e. The fraction of sp³-hybridized carbons (Fsp3) is 0.0233. The van der Waals surface area contributed by atoms with E-state index in [9.17, 15) is 0 Å². The second-order valence-corrected chi connectivity index (χ2v) is 11.3. The van der Waals surface area contributed by atoms with Gasteiger partial charge in [-0.25, -0.2) is 9.97 Å². The zero-order valence-electron chi connectivity index (χ0n) is 24.8. The number of rotatable bonds is 5. The molecule has 0 spiro atoms. The molecule has 0 atom stereocenters. The Kier molecular flexibility index (Phi) is 6.94. The lowest BCUT2D eigenvalue weighted by Crippen LogP contribution is -2.00. The van der Waals surface area contributed by atoms with E-state index in [1.807, 2.05) is 6.07 Å². The van der Waals surface area contributed by atoms with Crippen LogP contribution in [0.1, 0.15) is 17.5 Å². The lowest BCUT2D eigenvalue weighted by Gasteiger charge is -2.17. The van der Waals surface area contributed by atoms with Crippen LogP contribution in [-0.4, -0.2) is 9.97 Å². The Morgan fingerprint density at radius 1 is 0.422 bits per heavy atom. The molecular formula is C43H30N2. The van der Waals surface area contributed by atoms with Crippen LogP contribution in [0.25, 0.3) is 79.1 Å². The van der Waals surface area contributed by atoms with Gasteiger partial charge in [-0.3, -0.25) is 0 Å². The van der Waals surface area contributed by atoms with E-state index in [1.54, 1.807) is 0 Å². The zero-order valence-corrected chi connectivity index (χ0v) is 24.8.